The Balaban J connectivity index is 1.96. The van der Waals surface area contributed by atoms with Crippen LogP contribution in [0.1, 0.15) is 17.0 Å². The molecule has 2 aromatic heterocycles. The maximum absolute atomic E-state index is 6.02. The zero-order valence-electron chi connectivity index (χ0n) is 10.8. The van der Waals surface area contributed by atoms with Gasteiger partial charge in [-0.15, -0.1) is 11.6 Å². The minimum Gasteiger partial charge on any atom is -0.327 e. The quantitative estimate of drug-likeness (QED) is 0.652. The molecule has 4 heteroatoms. The van der Waals surface area contributed by atoms with Gasteiger partial charge in [-0.1, -0.05) is 6.07 Å². The fourth-order valence-electron chi connectivity index (χ4n) is 2.32. The van der Waals surface area contributed by atoms with Crippen LogP contribution in [0.15, 0.2) is 35.0 Å². The minimum absolute atomic E-state index is 0.456. The number of hydrogen-bond acceptors (Lipinski definition) is 2. The first kappa shape index (κ1) is 12.7. The molecule has 2 nitrogen and oxygen atoms in total. The predicted octanol–water partition coefficient (Wildman–Crippen LogP) is 4.39. The second kappa shape index (κ2) is 5.35. The lowest BCUT2D eigenvalue weighted by molar-refractivity contribution is 0.689. The monoisotopic (exact) mass is 290 g/mol. The molecule has 0 aliphatic rings. The van der Waals surface area contributed by atoms with Crippen LogP contribution in [0.2, 0.25) is 0 Å². The molecule has 0 atom stereocenters. The van der Waals surface area contributed by atoms with Crippen molar-refractivity contribution in [1.82, 2.24) is 9.55 Å². The zero-order valence-corrected chi connectivity index (χ0v) is 12.3. The summed E-state index contributed by atoms with van der Waals surface area (Å²) in [6.45, 7) is 3.02. The van der Waals surface area contributed by atoms with Crippen molar-refractivity contribution in [2.75, 3.05) is 0 Å². The van der Waals surface area contributed by atoms with E-state index in [1.54, 1.807) is 11.3 Å². The summed E-state index contributed by atoms with van der Waals surface area (Å²) in [5, 5.41) is 4.32. The minimum atomic E-state index is 0.456. The van der Waals surface area contributed by atoms with Crippen LogP contribution in [0.25, 0.3) is 11.0 Å². The Morgan fingerprint density at radius 1 is 1.32 bits per heavy atom. The molecular formula is C15H15ClN2S. The number of halogens is 1. The highest BCUT2D eigenvalue weighted by molar-refractivity contribution is 7.07. The molecule has 98 valence electrons. The molecule has 0 bridgehead atoms. The Labute approximate surface area is 121 Å². The van der Waals surface area contributed by atoms with Gasteiger partial charge in [-0.2, -0.15) is 11.3 Å². The number of thiophene rings is 1. The normalized spacial score (nSPS) is 11.3. The summed E-state index contributed by atoms with van der Waals surface area (Å²) in [6, 6.07) is 8.56. The van der Waals surface area contributed by atoms with Crippen LogP contribution in [0.3, 0.4) is 0 Å². The number of aromatic nitrogens is 2. The Morgan fingerprint density at radius 3 is 2.95 bits per heavy atom. The smallest absolute Gasteiger partial charge is 0.124 e. The molecular weight excluding hydrogens is 276 g/mol. The average molecular weight is 291 g/mol. The van der Waals surface area contributed by atoms with E-state index in [0.717, 1.165) is 24.3 Å². The maximum Gasteiger partial charge on any atom is 0.124 e. The lowest BCUT2D eigenvalue weighted by Crippen LogP contribution is -2.04. The van der Waals surface area contributed by atoms with E-state index in [2.05, 4.69) is 51.5 Å². The van der Waals surface area contributed by atoms with Crippen LogP contribution in [-0.4, -0.2) is 9.55 Å². The van der Waals surface area contributed by atoms with Gasteiger partial charge in [0.15, 0.2) is 0 Å². The highest BCUT2D eigenvalue weighted by Crippen LogP contribution is 2.20. The van der Waals surface area contributed by atoms with Gasteiger partial charge >= 0.3 is 0 Å². The second-order valence-electron chi connectivity index (χ2n) is 4.69. The molecule has 0 radical (unpaired) electrons. The summed E-state index contributed by atoms with van der Waals surface area (Å²) in [5.41, 5.74) is 4.83. The van der Waals surface area contributed by atoms with Crippen LogP contribution in [-0.2, 0) is 18.8 Å². The number of benzene rings is 1. The first-order valence-electron chi connectivity index (χ1n) is 6.31. The molecule has 0 aliphatic carbocycles. The second-order valence-corrected chi connectivity index (χ2v) is 5.73. The van der Waals surface area contributed by atoms with Crippen LogP contribution in [0, 0.1) is 6.92 Å². The number of imidazole rings is 1. The van der Waals surface area contributed by atoms with Gasteiger partial charge in [0.05, 0.1) is 16.9 Å². The molecule has 0 amide bonds. The van der Waals surface area contributed by atoms with Crippen LogP contribution >= 0.6 is 22.9 Å². The molecule has 0 spiro atoms. The molecule has 0 saturated carbocycles. The first-order chi connectivity index (χ1) is 9.28. The maximum atomic E-state index is 6.02. The van der Waals surface area contributed by atoms with E-state index in [9.17, 15) is 0 Å². The molecule has 19 heavy (non-hydrogen) atoms. The van der Waals surface area contributed by atoms with E-state index >= 15 is 0 Å². The predicted molar refractivity (Wildman–Crippen MR) is 82.1 cm³/mol. The van der Waals surface area contributed by atoms with Crippen molar-refractivity contribution in [2.24, 2.45) is 0 Å². The molecule has 2 heterocycles. The summed E-state index contributed by atoms with van der Waals surface area (Å²) in [4.78, 5) is 4.63. The third kappa shape index (κ3) is 2.53. The fourth-order valence-corrected chi connectivity index (χ4v) is 3.22. The Hall–Kier alpha value is -1.32. The fraction of sp³-hybridized carbons (Fsp3) is 0.267. The van der Waals surface area contributed by atoms with Crippen LogP contribution in [0.5, 0.6) is 0 Å². The van der Waals surface area contributed by atoms with Gasteiger partial charge in [0.2, 0.25) is 0 Å². The number of fused-ring (bicyclic) bond motifs is 1. The van der Waals surface area contributed by atoms with Crippen molar-refractivity contribution in [1.29, 1.82) is 0 Å². The molecule has 0 N–H and O–H groups in total. The van der Waals surface area contributed by atoms with Crippen LogP contribution < -0.4 is 0 Å². The molecule has 0 saturated heterocycles. The van der Waals surface area contributed by atoms with E-state index in [1.807, 2.05) is 0 Å². The molecule has 0 aliphatic heterocycles. The Bertz CT molecular complexity index is 686. The van der Waals surface area contributed by atoms with Gasteiger partial charge in [-0.25, -0.2) is 4.98 Å². The standard InChI is InChI=1S/C15H15ClN2S/c1-11-2-3-14-13(8-11)17-15(9-16)18(14)6-4-12-5-7-19-10-12/h2-3,5,7-8,10H,4,6,9H2,1H3. The lowest BCUT2D eigenvalue weighted by atomic mass is 10.2. The summed E-state index contributed by atoms with van der Waals surface area (Å²) < 4.78 is 2.24. The van der Waals surface area contributed by atoms with Gasteiger partial charge in [-0.05, 0) is 53.4 Å². The third-order valence-corrected chi connectivity index (χ3v) is 4.28. The van der Waals surface area contributed by atoms with Gasteiger partial charge in [0.1, 0.15) is 5.82 Å². The summed E-state index contributed by atoms with van der Waals surface area (Å²) >= 11 is 7.76. The summed E-state index contributed by atoms with van der Waals surface area (Å²) in [7, 11) is 0. The Morgan fingerprint density at radius 2 is 2.21 bits per heavy atom. The highest BCUT2D eigenvalue weighted by atomic mass is 35.5. The first-order valence-corrected chi connectivity index (χ1v) is 7.78. The van der Waals surface area contributed by atoms with Gasteiger partial charge in [0.25, 0.3) is 0 Å². The van der Waals surface area contributed by atoms with Crippen molar-refractivity contribution in [3.8, 4) is 0 Å². The van der Waals surface area contributed by atoms with Gasteiger partial charge in [-0.3, -0.25) is 0 Å². The highest BCUT2D eigenvalue weighted by Gasteiger charge is 2.10. The average Bonchev–Trinajstić information content (AvgIpc) is 3.02. The number of alkyl halides is 1. The zero-order chi connectivity index (χ0) is 13.2. The van der Waals surface area contributed by atoms with Gasteiger partial charge in [0, 0.05) is 6.54 Å². The molecule has 0 unspecified atom stereocenters. The van der Waals surface area contributed by atoms with Crippen molar-refractivity contribution in [3.63, 3.8) is 0 Å². The van der Waals surface area contributed by atoms with E-state index in [0.29, 0.717) is 5.88 Å². The number of aryl methyl sites for hydroxylation is 3. The molecule has 3 rings (SSSR count). The van der Waals surface area contributed by atoms with Crippen molar-refractivity contribution in [3.05, 3.63) is 52.0 Å². The number of rotatable bonds is 4. The number of hydrogen-bond donors (Lipinski definition) is 0. The third-order valence-electron chi connectivity index (χ3n) is 3.31. The molecule has 1 aromatic carbocycles. The topological polar surface area (TPSA) is 17.8 Å². The van der Waals surface area contributed by atoms with Crippen molar-refractivity contribution < 1.29 is 0 Å². The largest absolute Gasteiger partial charge is 0.327 e. The van der Waals surface area contributed by atoms with Crippen LogP contribution in [0.4, 0.5) is 0 Å². The summed E-state index contributed by atoms with van der Waals surface area (Å²) in [5.74, 6) is 1.41. The Kier molecular flexibility index (Phi) is 3.58. The summed E-state index contributed by atoms with van der Waals surface area (Å²) in [6.07, 6.45) is 1.02. The number of nitrogens with zero attached hydrogens (tertiary/aromatic N) is 2. The van der Waals surface area contributed by atoms with Crippen molar-refractivity contribution in [2.45, 2.75) is 25.8 Å². The van der Waals surface area contributed by atoms with E-state index in [4.69, 9.17) is 11.6 Å². The SMILES string of the molecule is Cc1ccc2c(c1)nc(CCl)n2CCc1ccsc1. The molecule has 3 aromatic rings. The van der Waals surface area contributed by atoms with Crippen molar-refractivity contribution >= 4 is 34.0 Å². The lowest BCUT2D eigenvalue weighted by Gasteiger charge is -2.07. The van der Waals surface area contributed by atoms with E-state index < -0.39 is 0 Å². The van der Waals surface area contributed by atoms with E-state index in [1.165, 1.54) is 16.6 Å². The van der Waals surface area contributed by atoms with E-state index in [-0.39, 0.29) is 0 Å². The van der Waals surface area contributed by atoms with Gasteiger partial charge < -0.3 is 4.57 Å². The molecule has 0 fully saturated rings.